The Morgan fingerprint density at radius 1 is 1.17 bits per heavy atom. The molecule has 0 spiro atoms. The minimum absolute atomic E-state index is 0.112. The van der Waals surface area contributed by atoms with Crippen LogP contribution in [0.5, 0.6) is 11.5 Å². The molecule has 154 valence electrons. The van der Waals surface area contributed by atoms with Crippen molar-refractivity contribution in [1.29, 1.82) is 0 Å². The first kappa shape index (κ1) is 18.9. The Balaban J connectivity index is 1.42. The molecule has 9 nitrogen and oxygen atoms in total. The van der Waals surface area contributed by atoms with Gasteiger partial charge >= 0.3 is 0 Å². The maximum atomic E-state index is 5.57. The molecule has 0 fully saturated rings. The highest BCUT2D eigenvalue weighted by atomic mass is 32.1. The number of fused-ring (bicyclic) bond motifs is 2. The quantitative estimate of drug-likeness (QED) is 0.484. The summed E-state index contributed by atoms with van der Waals surface area (Å²) in [6.07, 6.45) is 3.26. The molecule has 1 aromatic carbocycles. The second-order valence-corrected chi connectivity index (χ2v) is 8.07. The van der Waals surface area contributed by atoms with Crippen molar-refractivity contribution >= 4 is 21.7 Å². The van der Waals surface area contributed by atoms with Crippen LogP contribution in [-0.2, 0) is 13.1 Å². The molecule has 0 saturated carbocycles. The number of aromatic nitrogens is 6. The van der Waals surface area contributed by atoms with E-state index in [4.69, 9.17) is 9.47 Å². The van der Waals surface area contributed by atoms with Crippen LogP contribution in [0.2, 0.25) is 0 Å². The van der Waals surface area contributed by atoms with Crippen LogP contribution in [-0.4, -0.2) is 55.4 Å². The van der Waals surface area contributed by atoms with Crippen molar-refractivity contribution in [1.82, 2.24) is 34.6 Å². The summed E-state index contributed by atoms with van der Waals surface area (Å²) in [4.78, 5) is 16.2. The van der Waals surface area contributed by atoms with Crippen molar-refractivity contribution in [3.63, 3.8) is 0 Å². The molecule has 4 heterocycles. The maximum absolute atomic E-state index is 5.57. The molecular weight excluding hydrogens is 402 g/mol. The third kappa shape index (κ3) is 3.17. The Bertz CT molecular complexity index is 1170. The molecule has 5 rings (SSSR count). The van der Waals surface area contributed by atoms with Gasteiger partial charge in [0.1, 0.15) is 28.2 Å². The minimum Gasteiger partial charge on any atom is -0.497 e. The van der Waals surface area contributed by atoms with Gasteiger partial charge in [0.2, 0.25) is 0 Å². The molecule has 0 bridgehead atoms. The highest BCUT2D eigenvalue weighted by molar-refractivity contribution is 7.21. The van der Waals surface area contributed by atoms with Crippen LogP contribution < -0.4 is 9.47 Å². The van der Waals surface area contributed by atoms with Gasteiger partial charge in [-0.3, -0.25) is 4.90 Å². The van der Waals surface area contributed by atoms with Gasteiger partial charge in [-0.15, -0.1) is 10.2 Å². The Morgan fingerprint density at radius 3 is 2.87 bits per heavy atom. The first-order valence-electron chi connectivity index (χ1n) is 9.63. The molecule has 30 heavy (non-hydrogen) atoms. The van der Waals surface area contributed by atoms with Gasteiger partial charge in [-0.1, -0.05) is 17.4 Å². The fraction of sp³-hybridized carbons (Fsp3) is 0.350. The molecule has 0 saturated heterocycles. The summed E-state index contributed by atoms with van der Waals surface area (Å²) >= 11 is 1.51. The molecule has 1 atom stereocenters. The van der Waals surface area contributed by atoms with Crippen molar-refractivity contribution in [2.45, 2.75) is 26.1 Å². The van der Waals surface area contributed by atoms with Gasteiger partial charge in [0.25, 0.3) is 0 Å². The van der Waals surface area contributed by atoms with Crippen LogP contribution >= 0.6 is 11.3 Å². The Kier molecular flexibility index (Phi) is 4.80. The van der Waals surface area contributed by atoms with Crippen LogP contribution in [0, 0.1) is 0 Å². The van der Waals surface area contributed by atoms with E-state index in [-0.39, 0.29) is 6.04 Å². The normalized spacial score (nSPS) is 16.6. The van der Waals surface area contributed by atoms with E-state index in [1.54, 1.807) is 20.4 Å². The predicted molar refractivity (Wildman–Crippen MR) is 113 cm³/mol. The van der Waals surface area contributed by atoms with E-state index in [9.17, 15) is 0 Å². The van der Waals surface area contributed by atoms with Crippen molar-refractivity contribution in [3.05, 3.63) is 42.1 Å². The number of ether oxygens (including phenoxy) is 2. The van der Waals surface area contributed by atoms with Gasteiger partial charge in [-0.2, -0.15) is 0 Å². The van der Waals surface area contributed by atoms with E-state index in [0.717, 1.165) is 63.7 Å². The van der Waals surface area contributed by atoms with E-state index in [0.29, 0.717) is 0 Å². The van der Waals surface area contributed by atoms with Crippen LogP contribution in [0.3, 0.4) is 0 Å². The maximum Gasteiger partial charge on any atom is 0.193 e. The van der Waals surface area contributed by atoms with Gasteiger partial charge in [-0.25, -0.2) is 15.0 Å². The van der Waals surface area contributed by atoms with Gasteiger partial charge < -0.3 is 14.0 Å². The third-order valence-corrected chi connectivity index (χ3v) is 6.42. The number of benzene rings is 1. The average molecular weight is 424 g/mol. The SMILES string of the molecule is COc1ccc(CN2CCn3c(-c4nc5cncnc5s4)nnc3C2C)c(OC)c1. The van der Waals surface area contributed by atoms with Crippen molar-refractivity contribution < 1.29 is 9.47 Å². The lowest BCUT2D eigenvalue weighted by Crippen LogP contribution is -2.36. The molecule has 0 N–H and O–H groups in total. The van der Waals surface area contributed by atoms with E-state index in [1.807, 2.05) is 12.1 Å². The van der Waals surface area contributed by atoms with Gasteiger partial charge in [0.15, 0.2) is 16.7 Å². The molecule has 0 amide bonds. The zero-order valence-electron chi connectivity index (χ0n) is 16.9. The summed E-state index contributed by atoms with van der Waals surface area (Å²) in [5, 5.41) is 9.77. The molecule has 3 aromatic heterocycles. The molecule has 4 aromatic rings. The van der Waals surface area contributed by atoms with E-state index in [2.05, 4.69) is 47.6 Å². The summed E-state index contributed by atoms with van der Waals surface area (Å²) in [7, 11) is 3.34. The van der Waals surface area contributed by atoms with Gasteiger partial charge in [0.05, 0.1) is 26.5 Å². The smallest absolute Gasteiger partial charge is 0.193 e. The molecule has 1 aliphatic heterocycles. The number of hydrogen-bond donors (Lipinski definition) is 0. The topological polar surface area (TPSA) is 91.1 Å². The standard InChI is InChI=1S/C20H21N7O2S/c1-12-17-24-25-18(20-23-15-9-21-11-22-19(15)30-20)27(17)7-6-26(12)10-13-4-5-14(28-2)8-16(13)29-3/h4-5,8-9,11-12H,6-7,10H2,1-3H3. The van der Waals surface area contributed by atoms with Gasteiger partial charge in [-0.05, 0) is 13.0 Å². The zero-order chi connectivity index (χ0) is 20.7. The number of methoxy groups -OCH3 is 2. The van der Waals surface area contributed by atoms with E-state index < -0.39 is 0 Å². The summed E-state index contributed by atoms with van der Waals surface area (Å²) in [5.41, 5.74) is 1.90. The summed E-state index contributed by atoms with van der Waals surface area (Å²) in [6, 6.07) is 6.04. The lowest BCUT2D eigenvalue weighted by Gasteiger charge is -2.33. The Morgan fingerprint density at radius 2 is 2.07 bits per heavy atom. The van der Waals surface area contributed by atoms with E-state index in [1.165, 1.54) is 17.7 Å². The van der Waals surface area contributed by atoms with Crippen LogP contribution in [0.4, 0.5) is 0 Å². The minimum atomic E-state index is 0.112. The molecule has 10 heteroatoms. The number of hydrogen-bond acceptors (Lipinski definition) is 9. The number of thiazole rings is 1. The molecule has 0 aliphatic carbocycles. The molecule has 1 aliphatic rings. The first-order chi connectivity index (χ1) is 14.7. The highest BCUT2D eigenvalue weighted by Gasteiger charge is 2.30. The molecule has 1 unspecified atom stereocenters. The molecule has 0 radical (unpaired) electrons. The third-order valence-electron chi connectivity index (χ3n) is 5.44. The molecular formula is C20H21N7O2S. The fourth-order valence-corrected chi connectivity index (χ4v) is 4.66. The van der Waals surface area contributed by atoms with Crippen LogP contribution in [0.1, 0.15) is 24.4 Å². The second kappa shape index (κ2) is 7.62. The average Bonchev–Trinajstić information content (AvgIpc) is 3.40. The van der Waals surface area contributed by atoms with Crippen molar-refractivity contribution in [2.24, 2.45) is 0 Å². The fourth-order valence-electron chi connectivity index (χ4n) is 3.79. The number of rotatable bonds is 5. The van der Waals surface area contributed by atoms with Gasteiger partial charge in [0, 0.05) is 31.3 Å². The van der Waals surface area contributed by atoms with Crippen LogP contribution in [0.25, 0.3) is 21.2 Å². The second-order valence-electron chi connectivity index (χ2n) is 7.09. The lowest BCUT2D eigenvalue weighted by atomic mass is 10.1. The summed E-state index contributed by atoms with van der Waals surface area (Å²) < 4.78 is 13.0. The lowest BCUT2D eigenvalue weighted by molar-refractivity contribution is 0.155. The van der Waals surface area contributed by atoms with Crippen molar-refractivity contribution in [2.75, 3.05) is 20.8 Å². The Labute approximate surface area is 177 Å². The van der Waals surface area contributed by atoms with E-state index >= 15 is 0 Å². The monoisotopic (exact) mass is 423 g/mol. The summed E-state index contributed by atoms with van der Waals surface area (Å²) in [6.45, 7) is 4.58. The zero-order valence-corrected chi connectivity index (χ0v) is 17.8. The largest absolute Gasteiger partial charge is 0.497 e. The predicted octanol–water partition coefficient (Wildman–Crippen LogP) is 2.94. The first-order valence-corrected chi connectivity index (χ1v) is 10.4. The summed E-state index contributed by atoms with van der Waals surface area (Å²) in [5.74, 6) is 3.34. The number of nitrogens with zero attached hydrogens (tertiary/aromatic N) is 7. The highest BCUT2D eigenvalue weighted by Crippen LogP contribution is 2.34. The Hall–Kier alpha value is -3.11. The van der Waals surface area contributed by atoms with Crippen LogP contribution in [0.15, 0.2) is 30.7 Å². The van der Waals surface area contributed by atoms with Crippen molar-refractivity contribution in [3.8, 4) is 22.3 Å².